The first-order valence-corrected chi connectivity index (χ1v) is 9.86. The van der Waals surface area contributed by atoms with Gasteiger partial charge in [-0.3, -0.25) is 4.90 Å². The van der Waals surface area contributed by atoms with Crippen molar-refractivity contribution < 1.29 is 0 Å². The topological polar surface area (TPSA) is 15.3 Å². The van der Waals surface area contributed by atoms with Gasteiger partial charge in [0.1, 0.15) is 0 Å². The van der Waals surface area contributed by atoms with Gasteiger partial charge in [0.25, 0.3) is 0 Å². The molecule has 0 spiro atoms. The Labute approximate surface area is 131 Å². The van der Waals surface area contributed by atoms with Crippen LogP contribution in [0.1, 0.15) is 77.0 Å². The monoisotopic (exact) mass is 290 g/mol. The number of piperidine rings is 1. The zero-order chi connectivity index (χ0) is 14.1. The van der Waals surface area contributed by atoms with Gasteiger partial charge in [-0.1, -0.05) is 25.7 Å². The number of nitrogens with zero attached hydrogens (tertiary/aromatic N) is 1. The van der Waals surface area contributed by atoms with Gasteiger partial charge in [-0.05, 0) is 76.3 Å². The first-order chi connectivity index (χ1) is 10.4. The molecule has 0 bridgehead atoms. The van der Waals surface area contributed by atoms with Crippen molar-refractivity contribution in [2.75, 3.05) is 19.6 Å². The van der Waals surface area contributed by atoms with Gasteiger partial charge >= 0.3 is 0 Å². The summed E-state index contributed by atoms with van der Waals surface area (Å²) in [4.78, 5) is 2.90. The summed E-state index contributed by atoms with van der Waals surface area (Å²) < 4.78 is 0. The zero-order valence-corrected chi connectivity index (χ0v) is 13.8. The Bertz CT molecular complexity index is 321. The van der Waals surface area contributed by atoms with Gasteiger partial charge in [0.2, 0.25) is 0 Å². The maximum atomic E-state index is 4.11. The summed E-state index contributed by atoms with van der Waals surface area (Å²) in [5.74, 6) is 2.08. The molecule has 0 aromatic heterocycles. The molecule has 3 aliphatic carbocycles. The van der Waals surface area contributed by atoms with Gasteiger partial charge in [0, 0.05) is 18.1 Å². The van der Waals surface area contributed by atoms with Crippen LogP contribution >= 0.6 is 0 Å². The molecule has 1 saturated heterocycles. The van der Waals surface area contributed by atoms with Crippen molar-refractivity contribution in [1.29, 1.82) is 0 Å². The van der Waals surface area contributed by atoms with Crippen molar-refractivity contribution >= 4 is 0 Å². The molecule has 4 aliphatic rings. The van der Waals surface area contributed by atoms with E-state index in [2.05, 4.69) is 10.2 Å². The largest absolute Gasteiger partial charge is 0.312 e. The van der Waals surface area contributed by atoms with Crippen LogP contribution in [0.4, 0.5) is 0 Å². The maximum Gasteiger partial charge on any atom is 0.0334 e. The predicted molar refractivity (Wildman–Crippen MR) is 88.5 cm³/mol. The smallest absolute Gasteiger partial charge is 0.0334 e. The fourth-order valence-electron chi connectivity index (χ4n) is 5.12. The lowest BCUT2D eigenvalue weighted by Gasteiger charge is -2.49. The lowest BCUT2D eigenvalue weighted by molar-refractivity contribution is 0.0302. The van der Waals surface area contributed by atoms with Crippen molar-refractivity contribution in [2.24, 2.45) is 11.8 Å². The SMILES string of the molecule is C1CCN(C2(CNC(C3CC3)C3CC3)CCCCC2)CC1. The fourth-order valence-corrected chi connectivity index (χ4v) is 5.12. The van der Waals surface area contributed by atoms with Gasteiger partial charge in [-0.15, -0.1) is 0 Å². The van der Waals surface area contributed by atoms with E-state index < -0.39 is 0 Å². The number of nitrogens with one attached hydrogen (secondary N) is 1. The van der Waals surface area contributed by atoms with Crippen LogP contribution in [-0.4, -0.2) is 36.1 Å². The van der Waals surface area contributed by atoms with E-state index in [9.17, 15) is 0 Å². The van der Waals surface area contributed by atoms with Crippen molar-refractivity contribution in [2.45, 2.75) is 88.6 Å². The molecular weight excluding hydrogens is 256 g/mol. The lowest BCUT2D eigenvalue weighted by atomic mass is 9.79. The van der Waals surface area contributed by atoms with Gasteiger partial charge in [0.05, 0.1) is 0 Å². The molecule has 0 amide bonds. The van der Waals surface area contributed by atoms with Crippen molar-refractivity contribution in [1.82, 2.24) is 10.2 Å². The average molecular weight is 290 g/mol. The fraction of sp³-hybridized carbons (Fsp3) is 1.00. The Hall–Kier alpha value is -0.0800. The van der Waals surface area contributed by atoms with E-state index in [1.165, 1.54) is 96.7 Å². The third-order valence-electron chi connectivity index (χ3n) is 6.74. The molecule has 0 aromatic carbocycles. The second-order valence-electron chi connectivity index (χ2n) is 8.41. The Morgan fingerprint density at radius 3 is 1.95 bits per heavy atom. The summed E-state index contributed by atoms with van der Waals surface area (Å²) in [6.07, 6.45) is 17.7. The molecule has 0 unspecified atom stereocenters. The van der Waals surface area contributed by atoms with Gasteiger partial charge in [-0.25, -0.2) is 0 Å². The minimum absolute atomic E-state index is 0.528. The summed E-state index contributed by atoms with van der Waals surface area (Å²) in [7, 11) is 0. The minimum Gasteiger partial charge on any atom is -0.312 e. The third kappa shape index (κ3) is 3.32. The van der Waals surface area contributed by atoms with Crippen LogP contribution in [0.2, 0.25) is 0 Å². The maximum absolute atomic E-state index is 4.11. The summed E-state index contributed by atoms with van der Waals surface area (Å²) in [5, 5.41) is 4.11. The van der Waals surface area contributed by atoms with Crippen LogP contribution in [-0.2, 0) is 0 Å². The second kappa shape index (κ2) is 6.20. The highest BCUT2D eigenvalue weighted by Gasteiger charge is 2.44. The van der Waals surface area contributed by atoms with E-state index in [0.29, 0.717) is 5.54 Å². The summed E-state index contributed by atoms with van der Waals surface area (Å²) in [6, 6.07) is 0.883. The van der Waals surface area contributed by atoms with E-state index in [1.54, 1.807) is 0 Å². The number of rotatable bonds is 6. The van der Waals surface area contributed by atoms with Crippen LogP contribution in [0, 0.1) is 11.8 Å². The number of hydrogen-bond acceptors (Lipinski definition) is 2. The summed E-state index contributed by atoms with van der Waals surface area (Å²) in [6.45, 7) is 4.04. The van der Waals surface area contributed by atoms with Crippen LogP contribution in [0.5, 0.6) is 0 Å². The first kappa shape index (κ1) is 14.5. The van der Waals surface area contributed by atoms with Crippen molar-refractivity contribution in [3.63, 3.8) is 0 Å². The van der Waals surface area contributed by atoms with Crippen LogP contribution in [0.15, 0.2) is 0 Å². The molecule has 3 saturated carbocycles. The van der Waals surface area contributed by atoms with Crippen LogP contribution < -0.4 is 5.32 Å². The van der Waals surface area contributed by atoms with Crippen molar-refractivity contribution in [3.05, 3.63) is 0 Å². The standard InChI is InChI=1S/C19H34N2/c1-3-11-19(12-4-1,21-13-5-2-6-14-21)15-20-18(16-7-8-16)17-9-10-17/h16-18,20H,1-15H2. The number of likely N-dealkylation sites (tertiary alicyclic amines) is 1. The van der Waals surface area contributed by atoms with Gasteiger partial charge < -0.3 is 5.32 Å². The summed E-state index contributed by atoms with van der Waals surface area (Å²) >= 11 is 0. The van der Waals surface area contributed by atoms with Crippen molar-refractivity contribution in [3.8, 4) is 0 Å². The van der Waals surface area contributed by atoms with E-state index in [1.807, 2.05) is 0 Å². The molecular formula is C19H34N2. The molecule has 4 fully saturated rings. The van der Waals surface area contributed by atoms with E-state index >= 15 is 0 Å². The minimum atomic E-state index is 0.528. The lowest BCUT2D eigenvalue weighted by Crippen LogP contribution is -2.59. The van der Waals surface area contributed by atoms with E-state index in [0.717, 1.165) is 17.9 Å². The molecule has 1 aliphatic heterocycles. The van der Waals surface area contributed by atoms with Gasteiger partial charge in [-0.2, -0.15) is 0 Å². The molecule has 2 nitrogen and oxygen atoms in total. The normalized spacial score (nSPS) is 30.7. The average Bonchev–Trinajstić information content (AvgIpc) is 3.43. The van der Waals surface area contributed by atoms with E-state index in [4.69, 9.17) is 0 Å². The summed E-state index contributed by atoms with van der Waals surface area (Å²) in [5.41, 5.74) is 0.528. The highest BCUT2D eigenvalue weighted by atomic mass is 15.2. The molecule has 120 valence electrons. The molecule has 2 heteroatoms. The van der Waals surface area contributed by atoms with E-state index in [-0.39, 0.29) is 0 Å². The molecule has 0 aromatic rings. The quantitative estimate of drug-likeness (QED) is 0.797. The predicted octanol–water partition coefficient (Wildman–Crippen LogP) is 3.95. The van der Waals surface area contributed by atoms with Crippen LogP contribution in [0.3, 0.4) is 0 Å². The Morgan fingerprint density at radius 1 is 0.810 bits per heavy atom. The molecule has 1 heterocycles. The highest BCUT2D eigenvalue weighted by Crippen LogP contribution is 2.45. The molecule has 0 radical (unpaired) electrons. The molecule has 4 rings (SSSR count). The second-order valence-corrected chi connectivity index (χ2v) is 8.41. The first-order valence-electron chi connectivity index (χ1n) is 9.86. The molecule has 0 atom stereocenters. The highest BCUT2D eigenvalue weighted by molar-refractivity contribution is 5.01. The molecule has 1 N–H and O–H groups in total. The molecule has 21 heavy (non-hydrogen) atoms. The Kier molecular flexibility index (Phi) is 4.28. The zero-order valence-electron chi connectivity index (χ0n) is 13.8. The Balaban J connectivity index is 1.41. The Morgan fingerprint density at radius 2 is 1.38 bits per heavy atom. The third-order valence-corrected chi connectivity index (χ3v) is 6.74. The van der Waals surface area contributed by atoms with Crippen LogP contribution in [0.25, 0.3) is 0 Å². The van der Waals surface area contributed by atoms with Gasteiger partial charge in [0.15, 0.2) is 0 Å². The number of hydrogen-bond donors (Lipinski definition) is 1.